The highest BCUT2D eigenvalue weighted by atomic mass is 32.1. The van der Waals surface area contributed by atoms with Gasteiger partial charge in [-0.05, 0) is 86.6 Å². The van der Waals surface area contributed by atoms with Crippen LogP contribution in [-0.4, -0.2) is 9.13 Å². The number of hydrogen-bond acceptors (Lipinski definition) is 1. The van der Waals surface area contributed by atoms with Gasteiger partial charge in [0.2, 0.25) is 0 Å². The molecule has 0 aliphatic heterocycles. The molecule has 0 amide bonds. The number of hydrogen-bond donors (Lipinski definition) is 0. The van der Waals surface area contributed by atoms with Crippen LogP contribution in [0.25, 0.3) is 119 Å². The Morgan fingerprint density at radius 3 is 1.69 bits per heavy atom. The minimum atomic E-state index is 1.16. The smallest absolute Gasteiger partial charge is 0.0741 e. The lowest BCUT2D eigenvalue weighted by atomic mass is 9.94. The van der Waals surface area contributed by atoms with E-state index < -0.39 is 0 Å². The summed E-state index contributed by atoms with van der Waals surface area (Å²) >= 11 is 1.92. The second-order valence-electron chi connectivity index (χ2n) is 14.8. The molecule has 0 fully saturated rings. The van der Waals surface area contributed by atoms with Crippen molar-refractivity contribution in [3.63, 3.8) is 0 Å². The Balaban J connectivity index is 1.18. The predicted octanol–water partition coefficient (Wildman–Crippen LogP) is 14.7. The Kier molecular flexibility index (Phi) is 5.80. The van der Waals surface area contributed by atoms with Crippen molar-refractivity contribution in [2.45, 2.75) is 0 Å². The zero-order chi connectivity index (χ0) is 35.8. The average Bonchev–Trinajstić information content (AvgIpc) is 3.99. The van der Waals surface area contributed by atoms with E-state index in [0.29, 0.717) is 0 Å². The lowest BCUT2D eigenvalue weighted by molar-refractivity contribution is 1.18. The van der Waals surface area contributed by atoms with E-state index in [4.69, 9.17) is 0 Å². The number of benzene rings is 9. The van der Waals surface area contributed by atoms with Gasteiger partial charge in [-0.3, -0.25) is 0 Å². The molecule has 55 heavy (non-hydrogen) atoms. The van der Waals surface area contributed by atoms with Gasteiger partial charge in [0.25, 0.3) is 0 Å². The molecule has 13 rings (SSSR count). The molecular formula is C52H30N2S. The summed E-state index contributed by atoms with van der Waals surface area (Å²) in [6, 6.07) is 67.4. The van der Waals surface area contributed by atoms with Gasteiger partial charge in [-0.2, -0.15) is 0 Å². The molecule has 0 bridgehead atoms. The molecule has 254 valence electrons. The molecule has 0 radical (unpaired) electrons. The molecule has 9 aromatic carbocycles. The Labute approximate surface area is 320 Å². The van der Waals surface area contributed by atoms with E-state index in [0.717, 1.165) is 5.69 Å². The molecule has 3 heterocycles. The van der Waals surface area contributed by atoms with E-state index in [2.05, 4.69) is 191 Å². The van der Waals surface area contributed by atoms with Gasteiger partial charge in [0, 0.05) is 48.4 Å². The van der Waals surface area contributed by atoms with Gasteiger partial charge in [-0.1, -0.05) is 140 Å². The normalized spacial score (nSPS) is 12.4. The Bertz CT molecular complexity index is 3570. The van der Waals surface area contributed by atoms with Crippen LogP contribution in [0.15, 0.2) is 182 Å². The van der Waals surface area contributed by atoms with Crippen LogP contribution in [0, 0.1) is 0 Å². The average molecular weight is 715 g/mol. The fraction of sp³-hybridized carbons (Fsp3) is 0. The van der Waals surface area contributed by atoms with Crippen LogP contribution in [0.1, 0.15) is 0 Å². The van der Waals surface area contributed by atoms with Crippen molar-refractivity contribution in [2.75, 3.05) is 0 Å². The maximum absolute atomic E-state index is 2.55. The maximum Gasteiger partial charge on any atom is 0.0741 e. The number of thiophene rings is 1. The first-order chi connectivity index (χ1) is 27.3. The van der Waals surface area contributed by atoms with Crippen molar-refractivity contribution < 1.29 is 0 Å². The van der Waals surface area contributed by atoms with Gasteiger partial charge < -0.3 is 9.13 Å². The van der Waals surface area contributed by atoms with E-state index >= 15 is 0 Å². The Morgan fingerprint density at radius 2 is 0.891 bits per heavy atom. The molecule has 0 saturated heterocycles. The maximum atomic E-state index is 2.55. The summed E-state index contributed by atoms with van der Waals surface area (Å²) in [7, 11) is 0. The van der Waals surface area contributed by atoms with E-state index in [1.807, 2.05) is 11.3 Å². The van der Waals surface area contributed by atoms with Crippen LogP contribution in [0.2, 0.25) is 0 Å². The van der Waals surface area contributed by atoms with Crippen LogP contribution in [0.4, 0.5) is 0 Å². The summed E-state index contributed by atoms with van der Waals surface area (Å²) in [4.78, 5) is 0. The molecule has 0 saturated carbocycles. The summed E-state index contributed by atoms with van der Waals surface area (Å²) in [6.07, 6.45) is 0. The second kappa shape index (κ2) is 10.8. The van der Waals surface area contributed by atoms with Crippen molar-refractivity contribution in [3.05, 3.63) is 182 Å². The van der Waals surface area contributed by atoms with Gasteiger partial charge in [-0.25, -0.2) is 0 Å². The molecule has 1 aliphatic carbocycles. The zero-order valence-electron chi connectivity index (χ0n) is 29.6. The third-order valence-electron chi connectivity index (χ3n) is 12.0. The predicted molar refractivity (Wildman–Crippen MR) is 235 cm³/mol. The summed E-state index contributed by atoms with van der Waals surface area (Å²) in [5, 5.41) is 10.5. The minimum Gasteiger partial charge on any atom is -0.309 e. The molecule has 0 atom stereocenters. The standard InChI is InChI=1S/C52H30N2S/c1-2-15-32(16-3-1)53-43-25-9-6-20-40(43)47-48-42-22-8-11-27-45(42)55-52(48)51-49(50(47)53)41-21-7-10-26-44(41)54(51)33-17-12-14-31(30-33)34-28-29-39-36-19-5-4-18-35(36)38-24-13-23-37(34)46(38)39/h1-30H. The minimum absolute atomic E-state index is 1.16. The topological polar surface area (TPSA) is 9.86 Å². The van der Waals surface area contributed by atoms with Gasteiger partial charge in [-0.15, -0.1) is 11.3 Å². The largest absolute Gasteiger partial charge is 0.309 e. The van der Waals surface area contributed by atoms with Crippen LogP contribution < -0.4 is 0 Å². The highest BCUT2D eigenvalue weighted by Crippen LogP contribution is 2.52. The third-order valence-corrected chi connectivity index (χ3v) is 13.2. The molecule has 1 aliphatic rings. The number of nitrogens with zero attached hydrogens (tertiary/aromatic N) is 2. The molecule has 0 unspecified atom stereocenters. The van der Waals surface area contributed by atoms with E-state index in [1.165, 1.54) is 114 Å². The fourth-order valence-corrected chi connectivity index (χ4v) is 11.1. The van der Waals surface area contributed by atoms with E-state index in [1.54, 1.807) is 0 Å². The van der Waals surface area contributed by atoms with Crippen molar-refractivity contribution >= 4 is 85.9 Å². The third kappa shape index (κ3) is 3.82. The van der Waals surface area contributed by atoms with Crippen LogP contribution >= 0.6 is 11.3 Å². The van der Waals surface area contributed by atoms with Crippen LogP contribution in [-0.2, 0) is 0 Å². The van der Waals surface area contributed by atoms with Crippen molar-refractivity contribution in [2.24, 2.45) is 0 Å². The first kappa shape index (κ1) is 29.5. The quantitative estimate of drug-likeness (QED) is 0.172. The van der Waals surface area contributed by atoms with E-state index in [-0.39, 0.29) is 0 Å². The lowest BCUT2D eigenvalue weighted by Crippen LogP contribution is -1.96. The SMILES string of the molecule is c1ccc(-n2c3ccccc3c3c4c5ccccc5sc4c4c(c5ccccc5n4-c4cccc(-c5ccc6c7c(cccc57)-c5ccccc5-6)c4)c32)cc1. The monoisotopic (exact) mass is 714 g/mol. The summed E-state index contributed by atoms with van der Waals surface area (Å²) in [5.74, 6) is 0. The van der Waals surface area contributed by atoms with Gasteiger partial charge >= 0.3 is 0 Å². The highest BCUT2D eigenvalue weighted by Gasteiger charge is 2.27. The lowest BCUT2D eigenvalue weighted by Gasteiger charge is -2.14. The zero-order valence-corrected chi connectivity index (χ0v) is 30.4. The molecular weight excluding hydrogens is 685 g/mol. The molecule has 12 aromatic rings. The highest BCUT2D eigenvalue weighted by molar-refractivity contribution is 7.27. The van der Waals surface area contributed by atoms with Crippen LogP contribution in [0.3, 0.4) is 0 Å². The number of fused-ring (bicyclic) bond motifs is 15. The first-order valence-electron chi connectivity index (χ1n) is 18.9. The van der Waals surface area contributed by atoms with Crippen molar-refractivity contribution in [3.8, 4) is 44.8 Å². The molecule has 0 spiro atoms. The van der Waals surface area contributed by atoms with E-state index in [9.17, 15) is 0 Å². The van der Waals surface area contributed by atoms with Gasteiger partial charge in [0.1, 0.15) is 0 Å². The molecule has 2 nitrogen and oxygen atoms in total. The number of aromatic nitrogens is 2. The fourth-order valence-electron chi connectivity index (χ4n) is 9.87. The summed E-state index contributed by atoms with van der Waals surface area (Å²) in [6.45, 7) is 0. The summed E-state index contributed by atoms with van der Waals surface area (Å²) < 4.78 is 7.69. The Hall–Kier alpha value is -6.94. The second-order valence-corrected chi connectivity index (χ2v) is 15.8. The first-order valence-corrected chi connectivity index (χ1v) is 19.8. The van der Waals surface area contributed by atoms with Crippen LogP contribution in [0.5, 0.6) is 0 Å². The Morgan fingerprint density at radius 1 is 0.327 bits per heavy atom. The number of rotatable bonds is 3. The summed E-state index contributed by atoms with van der Waals surface area (Å²) in [5.41, 5.74) is 15.1. The van der Waals surface area contributed by atoms with Crippen molar-refractivity contribution in [1.82, 2.24) is 9.13 Å². The molecule has 3 heteroatoms. The van der Waals surface area contributed by atoms with Gasteiger partial charge in [0.05, 0.1) is 26.8 Å². The van der Waals surface area contributed by atoms with Gasteiger partial charge in [0.15, 0.2) is 0 Å². The van der Waals surface area contributed by atoms with Crippen molar-refractivity contribution in [1.29, 1.82) is 0 Å². The molecule has 0 N–H and O–H groups in total. The molecule has 3 aromatic heterocycles. The number of para-hydroxylation sites is 3.